The monoisotopic (exact) mass is 364 g/mol. The lowest BCUT2D eigenvalue weighted by atomic mass is 9.88. The van der Waals surface area contributed by atoms with Gasteiger partial charge in [-0.05, 0) is 24.5 Å². The van der Waals surface area contributed by atoms with Gasteiger partial charge in [-0.1, -0.05) is 25.3 Å². The molecule has 0 saturated heterocycles. The molecule has 1 aliphatic carbocycles. The topological polar surface area (TPSA) is 108 Å². The highest BCUT2D eigenvalue weighted by atomic mass is 16.6. The van der Waals surface area contributed by atoms with Gasteiger partial charge in [0.1, 0.15) is 6.04 Å². The highest BCUT2D eigenvalue weighted by Crippen LogP contribution is 2.28. The number of ether oxygens (including phenoxy) is 2. The fourth-order valence-electron chi connectivity index (χ4n) is 3.23. The molecule has 1 fully saturated rings. The number of hydrogen-bond donors (Lipinski definition) is 1. The van der Waals surface area contributed by atoms with Gasteiger partial charge in [0.15, 0.2) is 5.75 Å². The van der Waals surface area contributed by atoms with Crippen LogP contribution in [0.2, 0.25) is 0 Å². The van der Waals surface area contributed by atoms with E-state index in [1.807, 2.05) is 0 Å². The number of benzene rings is 1. The Hall–Kier alpha value is -2.64. The molecule has 0 bridgehead atoms. The van der Waals surface area contributed by atoms with Crippen LogP contribution in [0.1, 0.15) is 37.7 Å². The Balaban J connectivity index is 2.14. The zero-order valence-corrected chi connectivity index (χ0v) is 15.0. The summed E-state index contributed by atoms with van der Waals surface area (Å²) in [7, 11) is 2.60. The predicted molar refractivity (Wildman–Crippen MR) is 93.9 cm³/mol. The third-order valence-electron chi connectivity index (χ3n) is 4.66. The van der Waals surface area contributed by atoms with Crippen molar-refractivity contribution in [2.24, 2.45) is 5.92 Å². The zero-order chi connectivity index (χ0) is 19.1. The first-order valence-corrected chi connectivity index (χ1v) is 8.65. The van der Waals surface area contributed by atoms with Gasteiger partial charge in [0, 0.05) is 18.4 Å². The number of nitro benzene ring substituents is 1. The molecule has 0 unspecified atom stereocenters. The maximum Gasteiger partial charge on any atom is 0.328 e. The lowest BCUT2D eigenvalue weighted by Crippen LogP contribution is -2.45. The first-order chi connectivity index (χ1) is 12.5. The van der Waals surface area contributed by atoms with Crippen LogP contribution < -0.4 is 10.1 Å². The molecule has 1 saturated carbocycles. The van der Waals surface area contributed by atoms with E-state index in [4.69, 9.17) is 9.47 Å². The van der Waals surface area contributed by atoms with Gasteiger partial charge in [-0.3, -0.25) is 14.9 Å². The molecule has 1 aliphatic rings. The number of methoxy groups -OCH3 is 2. The van der Waals surface area contributed by atoms with Crippen molar-refractivity contribution in [1.29, 1.82) is 0 Å². The number of carbonyl (C=O) groups excluding carboxylic acids is 2. The molecule has 0 aromatic heterocycles. The van der Waals surface area contributed by atoms with Crippen molar-refractivity contribution in [1.82, 2.24) is 5.32 Å². The molecule has 26 heavy (non-hydrogen) atoms. The lowest BCUT2D eigenvalue weighted by Gasteiger charge is -2.24. The van der Waals surface area contributed by atoms with Gasteiger partial charge in [0.2, 0.25) is 5.91 Å². The van der Waals surface area contributed by atoms with Gasteiger partial charge < -0.3 is 14.8 Å². The fraction of sp³-hybridized carbons (Fsp3) is 0.556. The molecule has 0 aliphatic heterocycles. The third-order valence-corrected chi connectivity index (χ3v) is 4.66. The maximum atomic E-state index is 12.4. The van der Waals surface area contributed by atoms with Crippen LogP contribution in [0.5, 0.6) is 5.75 Å². The minimum Gasteiger partial charge on any atom is -0.490 e. The summed E-state index contributed by atoms with van der Waals surface area (Å²) in [6.45, 7) is 0. The number of rotatable bonds is 7. The van der Waals surface area contributed by atoms with E-state index in [2.05, 4.69) is 5.32 Å². The second-order valence-electron chi connectivity index (χ2n) is 6.39. The molecule has 1 amide bonds. The number of esters is 1. The predicted octanol–water partition coefficient (Wildman–Crippen LogP) is 2.38. The molecule has 1 N–H and O–H groups in total. The largest absolute Gasteiger partial charge is 0.490 e. The van der Waals surface area contributed by atoms with E-state index in [-0.39, 0.29) is 29.7 Å². The summed E-state index contributed by atoms with van der Waals surface area (Å²) in [5, 5.41) is 13.9. The van der Waals surface area contributed by atoms with E-state index in [1.165, 1.54) is 26.4 Å². The summed E-state index contributed by atoms with van der Waals surface area (Å²) in [4.78, 5) is 35.1. The van der Waals surface area contributed by atoms with E-state index in [0.29, 0.717) is 5.56 Å². The van der Waals surface area contributed by atoms with Gasteiger partial charge in [-0.2, -0.15) is 0 Å². The van der Waals surface area contributed by atoms with E-state index in [1.54, 1.807) is 6.07 Å². The number of hydrogen-bond acceptors (Lipinski definition) is 6. The number of nitrogens with one attached hydrogen (secondary N) is 1. The fourth-order valence-corrected chi connectivity index (χ4v) is 3.23. The van der Waals surface area contributed by atoms with E-state index >= 15 is 0 Å². The molecule has 1 aromatic rings. The summed E-state index contributed by atoms with van der Waals surface area (Å²) >= 11 is 0. The van der Waals surface area contributed by atoms with Crippen LogP contribution in [-0.2, 0) is 20.7 Å². The van der Waals surface area contributed by atoms with Crippen LogP contribution in [0.25, 0.3) is 0 Å². The van der Waals surface area contributed by atoms with E-state index in [0.717, 1.165) is 32.1 Å². The summed E-state index contributed by atoms with van der Waals surface area (Å²) in [6, 6.07) is 3.57. The first-order valence-electron chi connectivity index (χ1n) is 8.65. The van der Waals surface area contributed by atoms with Crippen molar-refractivity contribution in [3.05, 3.63) is 33.9 Å². The van der Waals surface area contributed by atoms with Crippen LogP contribution in [0.3, 0.4) is 0 Å². The van der Waals surface area contributed by atoms with Crippen LogP contribution in [-0.4, -0.2) is 37.1 Å². The van der Waals surface area contributed by atoms with Gasteiger partial charge in [0.05, 0.1) is 19.1 Å². The molecule has 0 spiro atoms. The third kappa shape index (κ3) is 4.93. The minimum absolute atomic E-state index is 0.0962. The highest BCUT2D eigenvalue weighted by Gasteiger charge is 2.28. The summed E-state index contributed by atoms with van der Waals surface area (Å²) in [6.07, 6.45) is 4.87. The summed E-state index contributed by atoms with van der Waals surface area (Å²) in [5.74, 6) is -0.698. The van der Waals surface area contributed by atoms with Crippen molar-refractivity contribution < 1.29 is 24.0 Å². The molecule has 142 valence electrons. The van der Waals surface area contributed by atoms with Gasteiger partial charge in [-0.25, -0.2) is 4.79 Å². The normalized spacial score (nSPS) is 15.8. The van der Waals surface area contributed by atoms with Crippen LogP contribution in [0.4, 0.5) is 5.69 Å². The molecular formula is C18H24N2O6. The highest BCUT2D eigenvalue weighted by molar-refractivity contribution is 5.86. The molecule has 8 nitrogen and oxygen atoms in total. The Bertz CT molecular complexity index is 670. The number of carbonyl (C=O) groups is 2. The quantitative estimate of drug-likeness (QED) is 0.452. The first kappa shape index (κ1) is 19.7. The standard InChI is InChI=1S/C18H24N2O6/c1-25-16-9-8-12(11-15(16)20(23)24)10-14(18(22)26-2)19-17(21)13-6-4-3-5-7-13/h8-9,11,13-14H,3-7,10H2,1-2H3,(H,19,21)/t14-/m1/s1. The number of amides is 1. The Morgan fingerprint density at radius 1 is 1.27 bits per heavy atom. The van der Waals surface area contributed by atoms with Crippen molar-refractivity contribution in [2.45, 2.75) is 44.6 Å². The number of nitro groups is 1. The smallest absolute Gasteiger partial charge is 0.328 e. The Morgan fingerprint density at radius 3 is 2.54 bits per heavy atom. The SMILES string of the molecule is COC(=O)[C@@H](Cc1ccc(OC)c([N+](=O)[O-])c1)NC(=O)C1CCCCC1. The lowest BCUT2D eigenvalue weighted by molar-refractivity contribution is -0.385. The molecule has 2 rings (SSSR count). The average molecular weight is 364 g/mol. The Kier molecular flexibility index (Phi) is 6.94. The van der Waals surface area contributed by atoms with E-state index < -0.39 is 16.9 Å². The Labute approximate surface area is 152 Å². The molecule has 1 atom stereocenters. The van der Waals surface area contributed by atoms with Crippen molar-refractivity contribution >= 4 is 17.6 Å². The van der Waals surface area contributed by atoms with E-state index in [9.17, 15) is 19.7 Å². The van der Waals surface area contributed by atoms with Crippen LogP contribution in [0.15, 0.2) is 18.2 Å². The van der Waals surface area contributed by atoms with Gasteiger partial charge >= 0.3 is 11.7 Å². The maximum absolute atomic E-state index is 12.4. The molecular weight excluding hydrogens is 340 g/mol. The molecule has 1 aromatic carbocycles. The van der Waals surface area contributed by atoms with Crippen molar-refractivity contribution in [2.75, 3.05) is 14.2 Å². The Morgan fingerprint density at radius 2 is 1.96 bits per heavy atom. The summed E-state index contributed by atoms with van der Waals surface area (Å²) < 4.78 is 9.76. The van der Waals surface area contributed by atoms with Crippen molar-refractivity contribution in [3.63, 3.8) is 0 Å². The van der Waals surface area contributed by atoms with Crippen LogP contribution in [0, 0.1) is 16.0 Å². The summed E-state index contributed by atoms with van der Waals surface area (Å²) in [5.41, 5.74) is 0.351. The molecule has 0 radical (unpaired) electrons. The second-order valence-corrected chi connectivity index (χ2v) is 6.39. The van der Waals surface area contributed by atoms with Crippen molar-refractivity contribution in [3.8, 4) is 5.75 Å². The molecule has 0 heterocycles. The van der Waals surface area contributed by atoms with Gasteiger partial charge in [0.25, 0.3) is 0 Å². The molecule has 8 heteroatoms. The van der Waals surface area contributed by atoms with Gasteiger partial charge in [-0.15, -0.1) is 0 Å². The minimum atomic E-state index is -0.887. The zero-order valence-electron chi connectivity index (χ0n) is 15.0. The average Bonchev–Trinajstić information content (AvgIpc) is 2.67. The number of nitrogens with zero attached hydrogens (tertiary/aromatic N) is 1. The van der Waals surface area contributed by atoms with Crippen LogP contribution >= 0.6 is 0 Å². The second kappa shape index (κ2) is 9.17.